The Hall–Kier alpha value is -1.29. The smallest absolute Gasteiger partial charge is 0.339 e. The van der Waals surface area contributed by atoms with Crippen molar-refractivity contribution < 1.29 is 4.52 Å². The first-order valence-corrected chi connectivity index (χ1v) is 3.96. The summed E-state index contributed by atoms with van der Waals surface area (Å²) in [6.45, 7) is 0. The second-order valence-electron chi connectivity index (χ2n) is 2.06. The molecule has 3 nitrogen and oxygen atoms in total. The zero-order valence-corrected chi connectivity index (χ0v) is 6.35. The maximum Gasteiger partial charge on any atom is 0.357 e. The van der Waals surface area contributed by atoms with Gasteiger partial charge in [-0.1, -0.05) is 6.07 Å². The van der Waals surface area contributed by atoms with E-state index in [9.17, 15) is 4.79 Å². The van der Waals surface area contributed by atoms with Crippen molar-refractivity contribution in [1.29, 1.82) is 0 Å². The molecule has 0 radical (unpaired) electrons. The van der Waals surface area contributed by atoms with Crippen LogP contribution in [0.15, 0.2) is 32.9 Å². The lowest BCUT2D eigenvalue weighted by Crippen LogP contribution is -1.84. The van der Waals surface area contributed by atoms with Crippen molar-refractivity contribution >= 4 is 11.3 Å². The van der Waals surface area contributed by atoms with E-state index in [0.717, 1.165) is 10.6 Å². The predicted molar refractivity (Wildman–Crippen MR) is 42.6 cm³/mol. The van der Waals surface area contributed by atoms with Crippen LogP contribution in [0.3, 0.4) is 0 Å². The Balaban J connectivity index is 2.53. The van der Waals surface area contributed by atoms with E-state index >= 15 is 0 Å². The molecular formula is C7H5NO2S. The van der Waals surface area contributed by atoms with E-state index in [4.69, 9.17) is 0 Å². The van der Waals surface area contributed by atoms with Crippen LogP contribution in [-0.4, -0.2) is 5.16 Å². The average Bonchev–Trinajstić information content (AvgIpc) is 2.55. The highest BCUT2D eigenvalue weighted by molar-refractivity contribution is 7.13. The third kappa shape index (κ3) is 1.12. The Bertz CT molecular complexity index is 384. The highest BCUT2D eigenvalue weighted by Gasteiger charge is 2.00. The average molecular weight is 167 g/mol. The largest absolute Gasteiger partial charge is 0.357 e. The van der Waals surface area contributed by atoms with Gasteiger partial charge in [-0.05, 0) is 11.4 Å². The van der Waals surface area contributed by atoms with E-state index in [-0.39, 0.29) is 5.63 Å². The summed E-state index contributed by atoms with van der Waals surface area (Å²) in [6, 6.07) is 5.28. The fourth-order valence-corrected chi connectivity index (χ4v) is 1.52. The number of H-pyrrole nitrogens is 1. The van der Waals surface area contributed by atoms with Crippen molar-refractivity contribution in [3.63, 3.8) is 0 Å². The molecule has 0 atom stereocenters. The zero-order valence-electron chi connectivity index (χ0n) is 5.53. The fourth-order valence-electron chi connectivity index (χ4n) is 0.835. The van der Waals surface area contributed by atoms with Gasteiger partial charge >= 0.3 is 5.63 Å². The van der Waals surface area contributed by atoms with Crippen molar-refractivity contribution in [1.82, 2.24) is 5.16 Å². The fraction of sp³-hybridized carbons (Fsp3) is 0. The van der Waals surface area contributed by atoms with Gasteiger partial charge in [0.2, 0.25) is 0 Å². The molecular weight excluding hydrogens is 162 g/mol. The zero-order chi connectivity index (χ0) is 7.68. The van der Waals surface area contributed by atoms with Crippen LogP contribution < -0.4 is 5.63 Å². The van der Waals surface area contributed by atoms with Gasteiger partial charge in [0.25, 0.3) is 0 Å². The van der Waals surface area contributed by atoms with E-state index in [1.807, 2.05) is 17.5 Å². The standard InChI is InChI=1S/C7H5NO2S/c9-7-4-5(8-10-7)6-2-1-3-11-6/h1-4,8H. The number of rotatable bonds is 1. The van der Waals surface area contributed by atoms with Crippen molar-refractivity contribution in [3.8, 4) is 10.6 Å². The molecule has 0 aliphatic rings. The van der Waals surface area contributed by atoms with Crippen LogP contribution in [0.5, 0.6) is 0 Å². The SMILES string of the molecule is O=c1cc(-c2cccs2)[nH]o1. The third-order valence-electron chi connectivity index (χ3n) is 1.31. The summed E-state index contributed by atoms with van der Waals surface area (Å²) < 4.78 is 4.51. The van der Waals surface area contributed by atoms with Crippen LogP contribution in [0.25, 0.3) is 10.6 Å². The van der Waals surface area contributed by atoms with Crippen molar-refractivity contribution in [3.05, 3.63) is 34.0 Å². The van der Waals surface area contributed by atoms with Gasteiger partial charge in [-0.15, -0.1) is 11.3 Å². The first-order valence-electron chi connectivity index (χ1n) is 3.08. The molecule has 0 saturated heterocycles. The Morgan fingerprint density at radius 2 is 2.45 bits per heavy atom. The topological polar surface area (TPSA) is 46.0 Å². The number of thiophene rings is 1. The molecule has 0 bridgehead atoms. The quantitative estimate of drug-likeness (QED) is 0.702. The molecule has 0 aromatic carbocycles. The Kier molecular flexibility index (Phi) is 1.40. The molecule has 0 aliphatic carbocycles. The van der Waals surface area contributed by atoms with Gasteiger partial charge < -0.3 is 4.52 Å². The molecule has 56 valence electrons. The summed E-state index contributed by atoms with van der Waals surface area (Å²) in [6.07, 6.45) is 0. The van der Waals surface area contributed by atoms with Gasteiger partial charge in [0, 0.05) is 0 Å². The van der Waals surface area contributed by atoms with Crippen LogP contribution >= 0.6 is 11.3 Å². The maximum atomic E-state index is 10.6. The van der Waals surface area contributed by atoms with Crippen molar-refractivity contribution in [2.75, 3.05) is 0 Å². The summed E-state index contributed by atoms with van der Waals surface area (Å²) >= 11 is 1.56. The van der Waals surface area contributed by atoms with Gasteiger partial charge in [0.15, 0.2) is 0 Å². The van der Waals surface area contributed by atoms with Crippen LogP contribution in [0, 0.1) is 0 Å². The molecule has 2 heterocycles. The lowest BCUT2D eigenvalue weighted by atomic mass is 10.3. The van der Waals surface area contributed by atoms with Crippen molar-refractivity contribution in [2.45, 2.75) is 0 Å². The van der Waals surface area contributed by atoms with E-state index in [0.29, 0.717) is 0 Å². The molecule has 2 aromatic heterocycles. The number of hydrogen-bond donors (Lipinski definition) is 1. The van der Waals surface area contributed by atoms with E-state index in [1.165, 1.54) is 6.07 Å². The molecule has 2 rings (SSSR count). The Morgan fingerprint density at radius 1 is 1.55 bits per heavy atom. The Labute approximate surface area is 66.3 Å². The van der Waals surface area contributed by atoms with Gasteiger partial charge in [-0.2, -0.15) is 0 Å². The predicted octanol–water partition coefficient (Wildman–Crippen LogP) is 1.70. The van der Waals surface area contributed by atoms with E-state index in [2.05, 4.69) is 9.68 Å². The number of aromatic nitrogens is 1. The van der Waals surface area contributed by atoms with Crippen LogP contribution in [0.1, 0.15) is 0 Å². The summed E-state index contributed by atoms with van der Waals surface area (Å²) in [7, 11) is 0. The van der Waals surface area contributed by atoms with Crippen molar-refractivity contribution in [2.24, 2.45) is 0 Å². The number of hydrogen-bond acceptors (Lipinski definition) is 3. The second kappa shape index (κ2) is 2.39. The van der Waals surface area contributed by atoms with Gasteiger partial charge in [0.05, 0.1) is 16.6 Å². The van der Waals surface area contributed by atoms with E-state index in [1.54, 1.807) is 11.3 Å². The van der Waals surface area contributed by atoms with Gasteiger partial charge in [-0.25, -0.2) is 9.95 Å². The van der Waals surface area contributed by atoms with Crippen LogP contribution in [0.4, 0.5) is 0 Å². The summed E-state index contributed by atoms with van der Waals surface area (Å²) in [4.78, 5) is 11.6. The molecule has 0 amide bonds. The summed E-state index contributed by atoms with van der Waals surface area (Å²) in [5.41, 5.74) is 0.401. The molecule has 4 heteroatoms. The first kappa shape index (κ1) is 6.42. The molecule has 0 saturated carbocycles. The van der Waals surface area contributed by atoms with Gasteiger partial charge in [0.1, 0.15) is 0 Å². The molecule has 2 aromatic rings. The third-order valence-corrected chi connectivity index (χ3v) is 2.21. The molecule has 11 heavy (non-hydrogen) atoms. The lowest BCUT2D eigenvalue weighted by Gasteiger charge is -1.83. The minimum absolute atomic E-state index is 0.339. The van der Waals surface area contributed by atoms with E-state index < -0.39 is 0 Å². The molecule has 0 fully saturated rings. The lowest BCUT2D eigenvalue weighted by molar-refractivity contribution is 0.394. The molecule has 1 N–H and O–H groups in total. The minimum Gasteiger partial charge on any atom is -0.339 e. The normalized spacial score (nSPS) is 10.2. The van der Waals surface area contributed by atoms with Crippen LogP contribution in [0.2, 0.25) is 0 Å². The first-order chi connectivity index (χ1) is 5.36. The number of aromatic amines is 1. The highest BCUT2D eigenvalue weighted by atomic mass is 32.1. The number of nitrogens with one attached hydrogen (secondary N) is 1. The van der Waals surface area contributed by atoms with Crippen LogP contribution in [-0.2, 0) is 0 Å². The monoisotopic (exact) mass is 167 g/mol. The molecule has 0 spiro atoms. The second-order valence-corrected chi connectivity index (χ2v) is 3.01. The summed E-state index contributed by atoms with van der Waals surface area (Å²) in [5.74, 6) is 0. The summed E-state index contributed by atoms with van der Waals surface area (Å²) in [5, 5.41) is 4.48. The maximum absolute atomic E-state index is 10.6. The molecule has 0 unspecified atom stereocenters. The minimum atomic E-state index is -0.339. The Morgan fingerprint density at radius 3 is 3.00 bits per heavy atom. The van der Waals surface area contributed by atoms with Gasteiger partial charge in [-0.3, -0.25) is 0 Å². The highest BCUT2D eigenvalue weighted by Crippen LogP contribution is 2.20. The molecule has 0 aliphatic heterocycles.